The van der Waals surface area contributed by atoms with E-state index < -0.39 is 8.32 Å². The van der Waals surface area contributed by atoms with Gasteiger partial charge < -0.3 is 4.43 Å². The summed E-state index contributed by atoms with van der Waals surface area (Å²) in [4.78, 5) is 0. The summed E-state index contributed by atoms with van der Waals surface area (Å²) in [6, 6.07) is 1.18. The molecule has 0 fully saturated rings. The van der Waals surface area contributed by atoms with Gasteiger partial charge in [0.15, 0.2) is 8.32 Å². The van der Waals surface area contributed by atoms with Gasteiger partial charge in [0.05, 0.1) is 0 Å². The van der Waals surface area contributed by atoms with Gasteiger partial charge in [-0.1, -0.05) is 12.2 Å². The van der Waals surface area contributed by atoms with Crippen LogP contribution in [0.4, 0.5) is 0 Å². The highest BCUT2D eigenvalue weighted by atomic mass is 28.4. The van der Waals surface area contributed by atoms with Gasteiger partial charge in [-0.3, -0.25) is 0 Å². The third-order valence-electron chi connectivity index (χ3n) is 2.04. The number of allylic oxidation sites excluding steroid dienone is 2. The number of hydrogen-bond donors (Lipinski definition) is 0. The Morgan fingerprint density at radius 1 is 1.36 bits per heavy atom. The predicted molar refractivity (Wildman–Crippen MR) is 51.2 cm³/mol. The van der Waals surface area contributed by atoms with Gasteiger partial charge in [-0.2, -0.15) is 0 Å². The molecule has 1 atom stereocenters. The fourth-order valence-electron chi connectivity index (χ4n) is 1.47. The average Bonchev–Trinajstić information content (AvgIpc) is 1.82. The van der Waals surface area contributed by atoms with E-state index in [9.17, 15) is 0 Å². The molecule has 0 aromatic rings. The molecule has 0 amide bonds. The smallest absolute Gasteiger partial charge is 0.190 e. The predicted octanol–water partition coefficient (Wildman–Crippen LogP) is 2.95. The van der Waals surface area contributed by atoms with E-state index in [1.54, 1.807) is 0 Å². The lowest BCUT2D eigenvalue weighted by Crippen LogP contribution is -2.34. The highest BCUT2D eigenvalue weighted by molar-refractivity contribution is 6.71. The van der Waals surface area contributed by atoms with E-state index in [2.05, 4.69) is 32.2 Å². The molecule has 1 unspecified atom stereocenters. The molecule has 0 bridgehead atoms. The van der Waals surface area contributed by atoms with Crippen molar-refractivity contribution in [1.29, 1.82) is 0 Å². The summed E-state index contributed by atoms with van der Waals surface area (Å²) in [5, 5.41) is 0. The van der Waals surface area contributed by atoms with E-state index in [4.69, 9.17) is 4.43 Å². The molecule has 1 aliphatic rings. The van der Waals surface area contributed by atoms with Crippen molar-refractivity contribution in [1.82, 2.24) is 0 Å². The number of hydrogen-bond acceptors (Lipinski definition) is 1. The fraction of sp³-hybridized carbons (Fsp3) is 0.778. The van der Waals surface area contributed by atoms with Crippen LogP contribution in [0.2, 0.25) is 19.1 Å². The Kier molecular flexibility index (Phi) is 2.90. The van der Waals surface area contributed by atoms with Crippen molar-refractivity contribution in [3.8, 4) is 0 Å². The van der Waals surface area contributed by atoms with Crippen molar-refractivity contribution in [2.75, 3.05) is 0 Å². The van der Waals surface area contributed by atoms with Crippen LogP contribution >= 0.6 is 0 Å². The Morgan fingerprint density at radius 2 is 2.09 bits per heavy atom. The molecule has 1 nitrogen and oxygen atoms in total. The van der Waals surface area contributed by atoms with E-state index >= 15 is 0 Å². The van der Waals surface area contributed by atoms with Crippen molar-refractivity contribution in [3.63, 3.8) is 0 Å². The van der Waals surface area contributed by atoms with Gasteiger partial charge in [0.2, 0.25) is 0 Å². The lowest BCUT2D eigenvalue weighted by molar-refractivity contribution is 0.201. The molecule has 0 spiro atoms. The van der Waals surface area contributed by atoms with Crippen LogP contribution in [0.1, 0.15) is 19.8 Å². The molecule has 0 saturated heterocycles. The lowest BCUT2D eigenvalue weighted by atomic mass is 10.2. The SMILES string of the molecule is CC1CC/C=C\C[Si](C)(C)O1. The van der Waals surface area contributed by atoms with Gasteiger partial charge >= 0.3 is 0 Å². The van der Waals surface area contributed by atoms with Crippen LogP contribution in [0.25, 0.3) is 0 Å². The maximum Gasteiger partial charge on any atom is 0.190 e. The van der Waals surface area contributed by atoms with E-state index in [1.165, 1.54) is 18.9 Å². The number of rotatable bonds is 0. The topological polar surface area (TPSA) is 9.23 Å². The van der Waals surface area contributed by atoms with Crippen molar-refractivity contribution in [2.24, 2.45) is 0 Å². The minimum atomic E-state index is -1.32. The molecule has 64 valence electrons. The molecule has 0 N–H and O–H groups in total. The van der Waals surface area contributed by atoms with Crippen LogP contribution in [0.3, 0.4) is 0 Å². The molecule has 0 radical (unpaired) electrons. The molecule has 11 heavy (non-hydrogen) atoms. The molecular formula is C9H18OSi. The Hall–Kier alpha value is -0.0831. The van der Waals surface area contributed by atoms with Crippen LogP contribution < -0.4 is 0 Å². The van der Waals surface area contributed by atoms with Crippen LogP contribution in [-0.4, -0.2) is 14.4 Å². The molecular weight excluding hydrogens is 152 g/mol. The van der Waals surface area contributed by atoms with Crippen LogP contribution in [0, 0.1) is 0 Å². The van der Waals surface area contributed by atoms with Crippen molar-refractivity contribution in [2.45, 2.75) is 45.0 Å². The maximum atomic E-state index is 5.97. The van der Waals surface area contributed by atoms with Gasteiger partial charge in [0, 0.05) is 6.10 Å². The fourth-order valence-corrected chi connectivity index (χ4v) is 3.51. The summed E-state index contributed by atoms with van der Waals surface area (Å²) in [5.74, 6) is 0. The quantitative estimate of drug-likeness (QED) is 0.401. The Bertz CT molecular complexity index is 152. The van der Waals surface area contributed by atoms with Gasteiger partial charge in [-0.25, -0.2) is 0 Å². The second kappa shape index (κ2) is 3.54. The molecule has 1 heterocycles. The van der Waals surface area contributed by atoms with Crippen LogP contribution in [-0.2, 0) is 4.43 Å². The molecule has 1 aliphatic heterocycles. The largest absolute Gasteiger partial charge is 0.414 e. The zero-order chi connectivity index (χ0) is 8.32. The average molecular weight is 170 g/mol. The Balaban J connectivity index is 2.55. The van der Waals surface area contributed by atoms with Crippen molar-refractivity contribution >= 4 is 8.32 Å². The molecule has 0 saturated carbocycles. The normalized spacial score (nSPS) is 33.9. The lowest BCUT2D eigenvalue weighted by Gasteiger charge is -2.27. The Morgan fingerprint density at radius 3 is 2.82 bits per heavy atom. The minimum Gasteiger partial charge on any atom is -0.414 e. The first-order valence-electron chi connectivity index (χ1n) is 4.43. The van der Waals surface area contributed by atoms with E-state index in [0.29, 0.717) is 6.10 Å². The summed E-state index contributed by atoms with van der Waals surface area (Å²) >= 11 is 0. The molecule has 0 aromatic heterocycles. The van der Waals surface area contributed by atoms with Crippen molar-refractivity contribution in [3.05, 3.63) is 12.2 Å². The first kappa shape index (κ1) is 9.01. The van der Waals surface area contributed by atoms with Gasteiger partial charge in [-0.15, -0.1) is 0 Å². The zero-order valence-electron chi connectivity index (χ0n) is 7.76. The summed E-state index contributed by atoms with van der Waals surface area (Å²) in [7, 11) is -1.32. The zero-order valence-corrected chi connectivity index (χ0v) is 8.76. The summed E-state index contributed by atoms with van der Waals surface area (Å²) in [6.07, 6.45) is 7.44. The summed E-state index contributed by atoms with van der Waals surface area (Å²) in [6.45, 7) is 6.77. The van der Waals surface area contributed by atoms with E-state index in [0.717, 1.165) is 0 Å². The Labute approximate surface area is 70.6 Å². The monoisotopic (exact) mass is 170 g/mol. The van der Waals surface area contributed by atoms with Gasteiger partial charge in [0.25, 0.3) is 0 Å². The first-order chi connectivity index (χ1) is 5.10. The summed E-state index contributed by atoms with van der Waals surface area (Å²) < 4.78 is 5.97. The van der Waals surface area contributed by atoms with Crippen molar-refractivity contribution < 1.29 is 4.43 Å². The van der Waals surface area contributed by atoms with E-state index in [-0.39, 0.29) is 0 Å². The molecule has 2 heteroatoms. The van der Waals surface area contributed by atoms with Gasteiger partial charge in [0.1, 0.15) is 0 Å². The maximum absolute atomic E-state index is 5.97. The molecule has 1 rings (SSSR count). The standard InChI is InChI=1S/C9H18OSi/c1-9-7-5-4-6-8-11(2,3)10-9/h4,6,9H,5,7-8H2,1-3H3/b6-4-. The highest BCUT2D eigenvalue weighted by Crippen LogP contribution is 2.19. The highest BCUT2D eigenvalue weighted by Gasteiger charge is 2.24. The van der Waals surface area contributed by atoms with Crippen LogP contribution in [0.15, 0.2) is 12.2 Å². The second-order valence-electron chi connectivity index (χ2n) is 3.94. The third-order valence-corrected chi connectivity index (χ3v) is 4.30. The molecule has 0 aromatic carbocycles. The molecule has 0 aliphatic carbocycles. The third kappa shape index (κ3) is 3.21. The first-order valence-corrected chi connectivity index (χ1v) is 7.54. The van der Waals surface area contributed by atoms with Crippen LogP contribution in [0.5, 0.6) is 0 Å². The van der Waals surface area contributed by atoms with E-state index in [1.807, 2.05) is 0 Å². The van der Waals surface area contributed by atoms with Gasteiger partial charge in [-0.05, 0) is 38.9 Å². The second-order valence-corrected chi connectivity index (χ2v) is 8.10. The summed E-state index contributed by atoms with van der Waals surface area (Å²) in [5.41, 5.74) is 0. The minimum absolute atomic E-state index is 0.474.